The third-order valence-electron chi connectivity index (χ3n) is 0.319. The Bertz CT molecular complexity index is 188. The summed E-state index contributed by atoms with van der Waals surface area (Å²) in [6.45, 7) is 1.15. The van der Waals surface area contributed by atoms with Gasteiger partial charge in [-0.15, -0.1) is 0 Å². The summed E-state index contributed by atoms with van der Waals surface area (Å²) in [5, 5.41) is 8.56. The van der Waals surface area contributed by atoms with E-state index in [0.717, 1.165) is 6.92 Å². The first kappa shape index (κ1) is 11.8. The van der Waals surface area contributed by atoms with E-state index in [-0.39, 0.29) is 18.9 Å². The van der Waals surface area contributed by atoms with Gasteiger partial charge in [0.1, 0.15) is 5.76 Å². The van der Waals surface area contributed by atoms with E-state index < -0.39 is 15.9 Å². The zero-order valence-corrected chi connectivity index (χ0v) is 5.01. The van der Waals surface area contributed by atoms with Crippen LogP contribution in [-0.2, 0) is 10.1 Å². The summed E-state index contributed by atoms with van der Waals surface area (Å²) >= 11 is 0. The first-order valence-corrected chi connectivity index (χ1v) is 3.27. The van der Waals surface area contributed by atoms with E-state index >= 15 is 0 Å². The quantitative estimate of drug-likeness (QED) is 0.301. The molecule has 9 heavy (non-hydrogen) atoms. The predicted molar refractivity (Wildman–Crippen MR) is 35.1 cm³/mol. The number of hydrogen-bond donors (Lipinski definition) is 2. The van der Waals surface area contributed by atoms with Crippen LogP contribution in [0.3, 0.4) is 0 Å². The van der Waals surface area contributed by atoms with Gasteiger partial charge in [0.15, 0.2) is 0 Å². The normalized spacial score (nSPS) is 12.4. The summed E-state index contributed by atoms with van der Waals surface area (Å²) in [6, 6.07) is 0. The van der Waals surface area contributed by atoms with Gasteiger partial charge in [-0.25, -0.2) is 0 Å². The molecule has 2 N–H and O–H groups in total. The van der Waals surface area contributed by atoms with Gasteiger partial charge in [0, 0.05) is 0 Å². The zero-order chi connectivity index (χ0) is 6.78. The maximum atomic E-state index is 9.76. The van der Waals surface area contributed by atoms with E-state index in [1.165, 1.54) is 0 Å². The Balaban J connectivity index is 0. The fourth-order valence-corrected chi connectivity index (χ4v) is 0.647. The fraction of sp³-hybridized carbons (Fsp3) is 0.333. The maximum absolute atomic E-state index is 9.76. The third kappa shape index (κ3) is 11.6. The van der Waals surface area contributed by atoms with Gasteiger partial charge in [-0.2, -0.15) is 8.42 Å². The molecule has 0 aliphatic carbocycles. The van der Waals surface area contributed by atoms with Crippen LogP contribution in [0, 0.1) is 0 Å². The predicted octanol–water partition coefficient (Wildman–Crippen LogP) is -0.355. The van der Waals surface area contributed by atoms with Crippen LogP contribution in [0.1, 0.15) is 6.92 Å². The first-order valence-electron chi connectivity index (χ1n) is 1.76. The average Bonchev–Trinajstić information content (AvgIpc) is 1.21. The van der Waals surface area contributed by atoms with E-state index in [1.54, 1.807) is 0 Å². The van der Waals surface area contributed by atoms with Crippen molar-refractivity contribution in [3.05, 3.63) is 11.2 Å². The molecule has 0 saturated heterocycles. The van der Waals surface area contributed by atoms with Crippen molar-refractivity contribution < 1.29 is 18.1 Å². The van der Waals surface area contributed by atoms with Gasteiger partial charge in [0.05, 0.1) is 5.41 Å². The van der Waals surface area contributed by atoms with Gasteiger partial charge in [-0.1, -0.05) is 0 Å². The second kappa shape index (κ2) is 3.96. The molecular formula is C3H7LiO4S. The third-order valence-corrected chi connectivity index (χ3v) is 0.958. The monoisotopic (exact) mass is 146 g/mol. The molecule has 6 heteroatoms. The molecule has 0 aromatic rings. The average molecular weight is 146 g/mol. The molecule has 0 fully saturated rings. The number of hydrogen-bond acceptors (Lipinski definition) is 3. The Hall–Kier alpha value is 0.0474. The molecule has 0 amide bonds. The van der Waals surface area contributed by atoms with Crippen molar-refractivity contribution in [3.8, 4) is 0 Å². The summed E-state index contributed by atoms with van der Waals surface area (Å²) < 4.78 is 27.4. The minimum absolute atomic E-state index is 0. The molecular weight excluding hydrogens is 139 g/mol. The van der Waals surface area contributed by atoms with Gasteiger partial charge in [0.2, 0.25) is 0 Å². The van der Waals surface area contributed by atoms with Crippen molar-refractivity contribution in [2.45, 2.75) is 6.92 Å². The van der Waals surface area contributed by atoms with Crippen molar-refractivity contribution in [1.29, 1.82) is 0 Å². The van der Waals surface area contributed by atoms with Crippen molar-refractivity contribution in [2.75, 3.05) is 0 Å². The topological polar surface area (TPSA) is 74.6 Å². The molecule has 0 aliphatic rings. The van der Waals surface area contributed by atoms with Crippen LogP contribution >= 0.6 is 0 Å². The van der Waals surface area contributed by atoms with Gasteiger partial charge in [0.25, 0.3) is 10.1 Å². The molecule has 0 bridgehead atoms. The first-order chi connectivity index (χ1) is 3.42. The van der Waals surface area contributed by atoms with Crippen LogP contribution in [0.25, 0.3) is 0 Å². The molecule has 0 heterocycles. The summed E-state index contributed by atoms with van der Waals surface area (Å²) in [6.07, 6.45) is 0. The summed E-state index contributed by atoms with van der Waals surface area (Å²) in [4.78, 5) is 0. The van der Waals surface area contributed by atoms with Crippen LogP contribution in [0.4, 0.5) is 0 Å². The molecule has 0 aromatic heterocycles. The molecule has 0 atom stereocenters. The molecule has 0 spiro atoms. The second-order valence-electron chi connectivity index (χ2n) is 1.27. The van der Waals surface area contributed by atoms with E-state index in [2.05, 4.69) is 0 Å². The van der Waals surface area contributed by atoms with E-state index in [9.17, 15) is 8.42 Å². The van der Waals surface area contributed by atoms with Crippen molar-refractivity contribution in [3.63, 3.8) is 0 Å². The standard InChI is InChI=1S/C3H6O4S.Li.H/c1-3(4)2-8(5,6)7;;/h2,4H,1H3,(H,5,6,7);;. The van der Waals surface area contributed by atoms with Crippen LogP contribution < -0.4 is 0 Å². The number of aliphatic hydroxyl groups is 1. The summed E-state index contributed by atoms with van der Waals surface area (Å²) in [5.41, 5.74) is 0. The minimum atomic E-state index is -4.14. The van der Waals surface area contributed by atoms with Crippen LogP contribution in [0.5, 0.6) is 0 Å². The molecule has 0 rings (SSSR count). The molecule has 0 aromatic carbocycles. The van der Waals surface area contributed by atoms with E-state index in [0.29, 0.717) is 5.41 Å². The Morgan fingerprint density at radius 2 is 1.89 bits per heavy atom. The second-order valence-corrected chi connectivity index (χ2v) is 2.54. The molecule has 0 saturated carbocycles. The van der Waals surface area contributed by atoms with Gasteiger partial charge in [-0.3, -0.25) is 4.55 Å². The number of allylic oxidation sites excluding steroid dienone is 1. The molecule has 0 unspecified atom stereocenters. The fourth-order valence-electron chi connectivity index (χ4n) is 0.216. The van der Waals surface area contributed by atoms with Crippen LogP contribution in [-0.4, -0.2) is 36.9 Å². The molecule has 50 valence electrons. The SMILES string of the molecule is CC(O)=CS(=O)(=O)O.[LiH]. The summed E-state index contributed by atoms with van der Waals surface area (Å²) in [5.74, 6) is -0.437. The van der Waals surface area contributed by atoms with Crippen molar-refractivity contribution in [2.24, 2.45) is 0 Å². The van der Waals surface area contributed by atoms with E-state index in [1.807, 2.05) is 0 Å². The number of rotatable bonds is 1. The van der Waals surface area contributed by atoms with Crippen LogP contribution in [0.15, 0.2) is 11.2 Å². The Morgan fingerprint density at radius 3 is 1.89 bits per heavy atom. The van der Waals surface area contributed by atoms with Crippen molar-refractivity contribution >= 4 is 29.0 Å². The summed E-state index contributed by atoms with van der Waals surface area (Å²) in [7, 11) is -4.14. The van der Waals surface area contributed by atoms with Gasteiger partial charge < -0.3 is 5.11 Å². The molecule has 0 radical (unpaired) electrons. The Morgan fingerprint density at radius 1 is 1.56 bits per heavy atom. The van der Waals surface area contributed by atoms with Crippen molar-refractivity contribution in [1.82, 2.24) is 0 Å². The van der Waals surface area contributed by atoms with Gasteiger partial charge in [-0.05, 0) is 6.92 Å². The number of aliphatic hydroxyl groups excluding tert-OH is 1. The zero-order valence-electron chi connectivity index (χ0n) is 4.20. The molecule has 0 aliphatic heterocycles. The molecule has 4 nitrogen and oxygen atoms in total. The van der Waals surface area contributed by atoms with E-state index in [4.69, 9.17) is 9.66 Å². The van der Waals surface area contributed by atoms with Gasteiger partial charge >= 0.3 is 18.9 Å². The Kier molecular flexibility index (Phi) is 5.19. The van der Waals surface area contributed by atoms with Crippen LogP contribution in [0.2, 0.25) is 0 Å². The Labute approximate surface area is 65.5 Å².